The van der Waals surface area contributed by atoms with Gasteiger partial charge in [-0.1, -0.05) is 23.5 Å². The average Bonchev–Trinajstić information content (AvgIpc) is 3.17. The minimum Gasteiger partial charge on any atom is -0.490 e. The summed E-state index contributed by atoms with van der Waals surface area (Å²) in [7, 11) is 0. The van der Waals surface area contributed by atoms with E-state index >= 15 is 0 Å². The zero-order chi connectivity index (χ0) is 22.6. The number of ether oxygens (including phenoxy) is 1. The van der Waals surface area contributed by atoms with Crippen molar-refractivity contribution < 1.29 is 9.53 Å². The van der Waals surface area contributed by atoms with Crippen molar-refractivity contribution in [3.63, 3.8) is 0 Å². The molecular formula is C25H25N5O2S. The lowest BCUT2D eigenvalue weighted by atomic mass is 10.0. The number of carbonyl (C=O) groups excluding carboxylic acids is 1. The van der Waals surface area contributed by atoms with Crippen LogP contribution in [0.3, 0.4) is 0 Å². The number of hydrogen-bond acceptors (Lipinski definition) is 7. The number of nitrogens with one attached hydrogen (secondary N) is 3. The molecule has 0 spiro atoms. The minimum absolute atomic E-state index is 0.189. The van der Waals surface area contributed by atoms with Gasteiger partial charge in [-0.05, 0) is 85.1 Å². The monoisotopic (exact) mass is 459 g/mol. The topological polar surface area (TPSA) is 101 Å². The summed E-state index contributed by atoms with van der Waals surface area (Å²) < 4.78 is 6.03. The number of thiazole rings is 1. The molecule has 0 unspecified atom stereocenters. The highest BCUT2D eigenvalue weighted by Gasteiger charge is 2.15. The van der Waals surface area contributed by atoms with E-state index in [9.17, 15) is 4.79 Å². The number of nitrogens with two attached hydrogens (primary N) is 1. The van der Waals surface area contributed by atoms with Crippen LogP contribution in [0.1, 0.15) is 34.3 Å². The number of piperidine rings is 1. The zero-order valence-corrected chi connectivity index (χ0v) is 18.8. The first-order chi connectivity index (χ1) is 16.1. The molecule has 5 rings (SSSR count). The lowest BCUT2D eigenvalue weighted by molar-refractivity contribution is 0.0964. The Morgan fingerprint density at radius 2 is 1.94 bits per heavy atom. The Kier molecular flexibility index (Phi) is 6.10. The summed E-state index contributed by atoms with van der Waals surface area (Å²) >= 11 is 1.45. The van der Waals surface area contributed by atoms with Gasteiger partial charge >= 0.3 is 0 Å². The molecule has 7 nitrogen and oxygen atoms in total. The zero-order valence-electron chi connectivity index (χ0n) is 18.0. The molecule has 0 bridgehead atoms. The Bertz CT molecular complexity index is 1210. The summed E-state index contributed by atoms with van der Waals surface area (Å²) in [5.74, 6) is 1.20. The Hall–Kier alpha value is -3.62. The van der Waals surface area contributed by atoms with E-state index in [0.29, 0.717) is 16.5 Å². The Morgan fingerprint density at radius 3 is 2.70 bits per heavy atom. The fraction of sp³-hybridized carbons (Fsp3) is 0.200. The molecule has 2 aliphatic rings. The molecule has 0 atom stereocenters. The van der Waals surface area contributed by atoms with Gasteiger partial charge in [-0.15, -0.1) is 0 Å². The van der Waals surface area contributed by atoms with Gasteiger partial charge in [0, 0.05) is 18.0 Å². The second-order valence-electron chi connectivity index (χ2n) is 7.99. The molecular weight excluding hydrogens is 434 g/mol. The number of amides is 1. The predicted octanol–water partition coefficient (Wildman–Crippen LogP) is 3.83. The van der Waals surface area contributed by atoms with E-state index in [4.69, 9.17) is 10.5 Å². The number of benzene rings is 2. The molecule has 0 radical (unpaired) electrons. The molecule has 2 aromatic carbocycles. The summed E-state index contributed by atoms with van der Waals surface area (Å²) in [5.41, 5.74) is 9.42. The Labute approximate surface area is 196 Å². The van der Waals surface area contributed by atoms with Crippen molar-refractivity contribution in [2.75, 3.05) is 18.8 Å². The fourth-order valence-electron chi connectivity index (χ4n) is 3.90. The van der Waals surface area contributed by atoms with E-state index in [-0.39, 0.29) is 12.0 Å². The third kappa shape index (κ3) is 5.08. The normalized spacial score (nSPS) is 15.7. The summed E-state index contributed by atoms with van der Waals surface area (Å²) in [6, 6.07) is 13.4. The second kappa shape index (κ2) is 9.48. The number of rotatable bonds is 5. The summed E-state index contributed by atoms with van der Waals surface area (Å²) in [6.07, 6.45) is 9.71. The first-order valence-corrected chi connectivity index (χ1v) is 11.7. The van der Waals surface area contributed by atoms with Crippen LogP contribution >= 0.6 is 11.3 Å². The molecule has 5 N–H and O–H groups in total. The van der Waals surface area contributed by atoms with Crippen LogP contribution in [0.4, 0.5) is 5.13 Å². The van der Waals surface area contributed by atoms with Crippen molar-refractivity contribution in [3.8, 4) is 16.2 Å². The molecule has 0 aliphatic carbocycles. The Morgan fingerprint density at radius 1 is 1.12 bits per heavy atom. The lowest BCUT2D eigenvalue weighted by Gasteiger charge is -2.23. The van der Waals surface area contributed by atoms with Gasteiger partial charge < -0.3 is 26.4 Å². The first-order valence-electron chi connectivity index (χ1n) is 10.9. The minimum atomic E-state index is -0.189. The quantitative estimate of drug-likeness (QED) is 0.463. The Balaban J connectivity index is 1.29. The highest BCUT2D eigenvalue weighted by atomic mass is 32.1. The highest BCUT2D eigenvalue weighted by Crippen LogP contribution is 2.30. The molecule has 3 aromatic rings. The third-order valence-electron chi connectivity index (χ3n) is 5.65. The van der Waals surface area contributed by atoms with Crippen LogP contribution in [0, 0.1) is 0 Å². The SMILES string of the molecule is Nc1ncc(-c2ccc3c(c2)C=C(NC(=O)c2ccc(OC4CCNCC4)cc2)NC=C3)s1. The van der Waals surface area contributed by atoms with E-state index < -0.39 is 0 Å². The van der Waals surface area contributed by atoms with Gasteiger partial charge in [0.25, 0.3) is 5.91 Å². The number of hydrogen-bond donors (Lipinski definition) is 4. The average molecular weight is 460 g/mol. The molecule has 0 saturated carbocycles. The molecule has 1 aromatic heterocycles. The van der Waals surface area contributed by atoms with Crippen molar-refractivity contribution in [2.45, 2.75) is 18.9 Å². The standard InChI is InChI=1S/C25H25N5O2S/c26-25-29-15-22(33-25)18-2-1-16-7-12-28-23(14-19(16)13-18)30-24(31)17-3-5-20(6-4-17)32-21-8-10-27-11-9-21/h1-7,12-15,21,27-28H,8-11H2,(H2,26,29)(H,30,31). The highest BCUT2D eigenvalue weighted by molar-refractivity contribution is 7.18. The molecule has 1 amide bonds. The number of aromatic nitrogens is 1. The molecule has 1 fully saturated rings. The van der Waals surface area contributed by atoms with Gasteiger partial charge in [-0.25, -0.2) is 4.98 Å². The van der Waals surface area contributed by atoms with Crippen LogP contribution in [0.2, 0.25) is 0 Å². The number of nitrogen functional groups attached to an aromatic ring is 1. The van der Waals surface area contributed by atoms with Gasteiger partial charge in [0.2, 0.25) is 0 Å². The summed E-state index contributed by atoms with van der Waals surface area (Å²) in [6.45, 7) is 1.95. The van der Waals surface area contributed by atoms with Gasteiger partial charge in [-0.2, -0.15) is 0 Å². The van der Waals surface area contributed by atoms with Crippen molar-refractivity contribution in [1.29, 1.82) is 0 Å². The largest absolute Gasteiger partial charge is 0.490 e. The van der Waals surface area contributed by atoms with Crippen LogP contribution in [0.5, 0.6) is 5.75 Å². The van der Waals surface area contributed by atoms with E-state index in [0.717, 1.165) is 53.2 Å². The maximum Gasteiger partial charge on any atom is 0.256 e. The van der Waals surface area contributed by atoms with Crippen LogP contribution in [-0.4, -0.2) is 30.1 Å². The van der Waals surface area contributed by atoms with Gasteiger partial charge in [0.05, 0.1) is 4.88 Å². The molecule has 8 heteroatoms. The van der Waals surface area contributed by atoms with Crippen molar-refractivity contribution in [2.24, 2.45) is 0 Å². The van der Waals surface area contributed by atoms with E-state index in [1.165, 1.54) is 11.3 Å². The number of fused-ring (bicyclic) bond motifs is 1. The first kappa shape index (κ1) is 21.2. The van der Waals surface area contributed by atoms with Crippen LogP contribution in [0.25, 0.3) is 22.6 Å². The van der Waals surface area contributed by atoms with Crippen LogP contribution < -0.4 is 26.4 Å². The van der Waals surface area contributed by atoms with E-state index in [1.807, 2.05) is 42.6 Å². The second-order valence-corrected chi connectivity index (χ2v) is 9.05. The van der Waals surface area contributed by atoms with E-state index in [1.54, 1.807) is 18.3 Å². The van der Waals surface area contributed by atoms with Crippen LogP contribution in [-0.2, 0) is 0 Å². The fourth-order valence-corrected chi connectivity index (χ4v) is 4.58. The maximum absolute atomic E-state index is 12.8. The molecule has 3 heterocycles. The summed E-state index contributed by atoms with van der Waals surface area (Å²) in [5, 5.41) is 9.98. The number of carbonyl (C=O) groups is 1. The summed E-state index contributed by atoms with van der Waals surface area (Å²) in [4.78, 5) is 18.0. The van der Waals surface area contributed by atoms with Crippen molar-refractivity contribution in [1.82, 2.24) is 20.9 Å². The molecule has 2 aliphatic heterocycles. The number of nitrogens with zero attached hydrogens (tertiary/aromatic N) is 1. The van der Waals surface area contributed by atoms with Crippen LogP contribution in [0.15, 0.2) is 60.7 Å². The molecule has 168 valence electrons. The predicted molar refractivity (Wildman–Crippen MR) is 133 cm³/mol. The third-order valence-corrected chi connectivity index (χ3v) is 6.53. The van der Waals surface area contributed by atoms with Gasteiger partial charge in [0.1, 0.15) is 17.7 Å². The maximum atomic E-state index is 12.8. The smallest absolute Gasteiger partial charge is 0.256 e. The van der Waals surface area contributed by atoms with E-state index in [2.05, 4.69) is 27.0 Å². The van der Waals surface area contributed by atoms with Crippen molar-refractivity contribution >= 4 is 34.5 Å². The molecule has 33 heavy (non-hydrogen) atoms. The van der Waals surface area contributed by atoms with Gasteiger partial charge in [-0.3, -0.25) is 4.79 Å². The number of anilines is 1. The molecule has 1 saturated heterocycles. The lowest BCUT2D eigenvalue weighted by Crippen LogP contribution is -2.34. The van der Waals surface area contributed by atoms with Crippen molar-refractivity contribution in [3.05, 3.63) is 77.4 Å². The van der Waals surface area contributed by atoms with Gasteiger partial charge in [0.15, 0.2) is 5.13 Å².